The Morgan fingerprint density at radius 3 is 2.72 bits per heavy atom. The van der Waals surface area contributed by atoms with Gasteiger partial charge in [0.25, 0.3) is 0 Å². The number of carbonyl (C=O) groups excluding carboxylic acids is 1. The van der Waals surface area contributed by atoms with Gasteiger partial charge in [0.15, 0.2) is 5.76 Å². The van der Waals surface area contributed by atoms with Gasteiger partial charge in [-0.15, -0.1) is 0 Å². The minimum Gasteiger partial charge on any atom is -0.356 e. The van der Waals surface area contributed by atoms with Gasteiger partial charge in [0, 0.05) is 30.3 Å². The van der Waals surface area contributed by atoms with Crippen molar-refractivity contribution in [1.29, 1.82) is 0 Å². The van der Waals surface area contributed by atoms with E-state index < -0.39 is 0 Å². The molecule has 1 N–H and O–H groups in total. The number of aromatic nitrogens is 3. The van der Waals surface area contributed by atoms with Gasteiger partial charge in [-0.2, -0.15) is 0 Å². The van der Waals surface area contributed by atoms with Crippen LogP contribution in [0.25, 0.3) is 22.6 Å². The van der Waals surface area contributed by atoms with Gasteiger partial charge in [0.1, 0.15) is 5.82 Å². The highest BCUT2D eigenvalue weighted by molar-refractivity contribution is 5.79. The summed E-state index contributed by atoms with van der Waals surface area (Å²) in [5.74, 6) is 1.57. The Bertz CT molecular complexity index is 1040. The van der Waals surface area contributed by atoms with Crippen LogP contribution >= 0.6 is 0 Å². The number of allylic oxidation sites excluding steroid dienone is 2. The first kappa shape index (κ1) is 19.1. The maximum Gasteiger partial charge on any atom is 0.223 e. The average molecular weight is 388 g/mol. The Hall–Kier alpha value is -3.28. The molecule has 29 heavy (non-hydrogen) atoms. The predicted octanol–water partition coefficient (Wildman–Crippen LogP) is 4.39. The fraction of sp³-hybridized carbons (Fsp3) is 0.304. The van der Waals surface area contributed by atoms with E-state index in [1.54, 1.807) is 6.20 Å². The van der Waals surface area contributed by atoms with Gasteiger partial charge in [0.2, 0.25) is 5.91 Å². The molecule has 1 aliphatic rings. The molecule has 0 saturated carbocycles. The van der Waals surface area contributed by atoms with E-state index in [0.29, 0.717) is 18.1 Å². The van der Waals surface area contributed by atoms with Gasteiger partial charge >= 0.3 is 0 Å². The molecule has 1 atom stereocenters. The van der Waals surface area contributed by atoms with Gasteiger partial charge in [-0.1, -0.05) is 41.6 Å². The Morgan fingerprint density at radius 2 is 2.03 bits per heavy atom. The van der Waals surface area contributed by atoms with Crippen LogP contribution in [0, 0.1) is 19.8 Å². The fourth-order valence-electron chi connectivity index (χ4n) is 3.51. The normalized spacial score (nSPS) is 16.0. The standard InChI is InChI=1S/C23H24N4O2/c1-15-12-21(29-27-15)20-14-24-16(2)26-22(20)18-10-8-17(9-11-18)13-25-23(28)19-6-4-3-5-7-19/h3-4,8-12,14,19H,5-7,13H2,1-2H3,(H,25,28)/t19-/m0/s1. The zero-order valence-electron chi connectivity index (χ0n) is 16.7. The topological polar surface area (TPSA) is 80.9 Å². The van der Waals surface area contributed by atoms with Crippen molar-refractivity contribution < 1.29 is 9.32 Å². The second-order valence-corrected chi connectivity index (χ2v) is 7.41. The van der Waals surface area contributed by atoms with Crippen LogP contribution in [-0.2, 0) is 11.3 Å². The highest BCUT2D eigenvalue weighted by Gasteiger charge is 2.18. The van der Waals surface area contributed by atoms with Crippen LogP contribution in [0.1, 0.15) is 36.3 Å². The van der Waals surface area contributed by atoms with E-state index in [2.05, 4.69) is 32.6 Å². The van der Waals surface area contributed by atoms with Crippen LogP contribution in [0.5, 0.6) is 0 Å². The van der Waals surface area contributed by atoms with Crippen LogP contribution in [0.4, 0.5) is 0 Å². The lowest BCUT2D eigenvalue weighted by molar-refractivity contribution is -0.125. The van der Waals surface area contributed by atoms with Crippen molar-refractivity contribution in [3.8, 4) is 22.6 Å². The molecule has 0 bridgehead atoms. The number of nitrogens with zero attached hydrogens (tertiary/aromatic N) is 3. The lowest BCUT2D eigenvalue weighted by atomic mass is 9.93. The van der Waals surface area contributed by atoms with Crippen molar-refractivity contribution in [2.45, 2.75) is 39.7 Å². The lowest BCUT2D eigenvalue weighted by Gasteiger charge is -2.17. The number of amides is 1. The molecule has 3 aromatic rings. The Kier molecular flexibility index (Phi) is 5.51. The number of nitrogens with one attached hydrogen (secondary N) is 1. The van der Waals surface area contributed by atoms with Gasteiger partial charge in [0.05, 0.1) is 17.0 Å². The van der Waals surface area contributed by atoms with E-state index in [4.69, 9.17) is 4.52 Å². The van der Waals surface area contributed by atoms with Crippen LogP contribution < -0.4 is 5.32 Å². The smallest absolute Gasteiger partial charge is 0.223 e. The highest BCUT2D eigenvalue weighted by atomic mass is 16.5. The molecule has 148 valence electrons. The summed E-state index contributed by atoms with van der Waals surface area (Å²) in [6, 6.07) is 9.94. The summed E-state index contributed by atoms with van der Waals surface area (Å²) in [6.45, 7) is 4.27. The molecule has 2 heterocycles. The van der Waals surface area contributed by atoms with E-state index >= 15 is 0 Å². The number of carbonyl (C=O) groups is 1. The van der Waals surface area contributed by atoms with Crippen molar-refractivity contribution in [3.05, 3.63) is 65.8 Å². The summed E-state index contributed by atoms with van der Waals surface area (Å²) < 4.78 is 5.42. The number of benzene rings is 1. The van der Waals surface area contributed by atoms with Crippen molar-refractivity contribution in [2.75, 3.05) is 0 Å². The van der Waals surface area contributed by atoms with Crippen LogP contribution in [0.15, 0.2) is 53.2 Å². The SMILES string of the molecule is Cc1cc(-c2cnc(C)nc2-c2ccc(CNC(=O)[C@H]3CC=CCC3)cc2)on1. The third kappa shape index (κ3) is 4.42. The molecule has 0 radical (unpaired) electrons. The third-order valence-corrected chi connectivity index (χ3v) is 5.14. The van der Waals surface area contributed by atoms with E-state index in [1.165, 1.54) is 0 Å². The highest BCUT2D eigenvalue weighted by Crippen LogP contribution is 2.30. The summed E-state index contributed by atoms with van der Waals surface area (Å²) in [5.41, 5.74) is 4.44. The summed E-state index contributed by atoms with van der Waals surface area (Å²) in [7, 11) is 0. The maximum absolute atomic E-state index is 12.3. The Labute approximate surface area is 170 Å². The second-order valence-electron chi connectivity index (χ2n) is 7.41. The molecule has 6 heteroatoms. The average Bonchev–Trinajstić information content (AvgIpc) is 3.19. The molecule has 0 saturated heterocycles. The number of rotatable bonds is 5. The van der Waals surface area contributed by atoms with Gasteiger partial charge < -0.3 is 9.84 Å². The van der Waals surface area contributed by atoms with E-state index in [-0.39, 0.29) is 11.8 Å². The molecule has 0 spiro atoms. The first-order chi connectivity index (χ1) is 14.1. The predicted molar refractivity (Wildman–Crippen MR) is 111 cm³/mol. The first-order valence-electron chi connectivity index (χ1n) is 9.89. The molecular formula is C23H24N4O2. The summed E-state index contributed by atoms with van der Waals surface area (Å²) >= 11 is 0. The number of hydrogen-bond acceptors (Lipinski definition) is 5. The van der Waals surface area contributed by atoms with Crippen molar-refractivity contribution in [2.24, 2.45) is 5.92 Å². The quantitative estimate of drug-likeness (QED) is 0.656. The summed E-state index contributed by atoms with van der Waals surface area (Å²) in [4.78, 5) is 21.3. The summed E-state index contributed by atoms with van der Waals surface area (Å²) in [5, 5.41) is 7.02. The van der Waals surface area contributed by atoms with E-state index in [1.807, 2.05) is 44.2 Å². The van der Waals surface area contributed by atoms with Crippen LogP contribution in [0.3, 0.4) is 0 Å². The van der Waals surface area contributed by atoms with E-state index in [9.17, 15) is 4.79 Å². The van der Waals surface area contributed by atoms with E-state index in [0.717, 1.165) is 47.3 Å². The Balaban J connectivity index is 1.50. The molecule has 1 aromatic carbocycles. The largest absolute Gasteiger partial charge is 0.356 e. The molecule has 0 unspecified atom stereocenters. The first-order valence-corrected chi connectivity index (χ1v) is 9.89. The Morgan fingerprint density at radius 1 is 1.21 bits per heavy atom. The maximum atomic E-state index is 12.3. The van der Waals surface area contributed by atoms with Crippen LogP contribution in [0.2, 0.25) is 0 Å². The van der Waals surface area contributed by atoms with Gasteiger partial charge in [-0.05, 0) is 38.7 Å². The molecule has 0 fully saturated rings. The van der Waals surface area contributed by atoms with Gasteiger partial charge in [-0.3, -0.25) is 4.79 Å². The lowest BCUT2D eigenvalue weighted by Crippen LogP contribution is -2.30. The monoisotopic (exact) mass is 388 g/mol. The zero-order chi connectivity index (χ0) is 20.2. The van der Waals surface area contributed by atoms with Crippen molar-refractivity contribution in [1.82, 2.24) is 20.4 Å². The summed E-state index contributed by atoms with van der Waals surface area (Å²) in [6.07, 6.45) is 8.76. The third-order valence-electron chi connectivity index (χ3n) is 5.14. The molecule has 1 aliphatic carbocycles. The number of aryl methyl sites for hydroxylation is 2. The van der Waals surface area contributed by atoms with Crippen molar-refractivity contribution in [3.63, 3.8) is 0 Å². The molecule has 6 nitrogen and oxygen atoms in total. The van der Waals surface area contributed by atoms with Crippen LogP contribution in [-0.4, -0.2) is 21.0 Å². The fourth-order valence-corrected chi connectivity index (χ4v) is 3.51. The van der Waals surface area contributed by atoms with Crippen molar-refractivity contribution >= 4 is 5.91 Å². The second kappa shape index (κ2) is 8.39. The molecule has 4 rings (SSSR count). The molecule has 0 aliphatic heterocycles. The minimum absolute atomic E-state index is 0.0937. The van der Waals surface area contributed by atoms with Gasteiger partial charge in [-0.25, -0.2) is 9.97 Å². The molecule has 2 aromatic heterocycles. The zero-order valence-corrected chi connectivity index (χ0v) is 16.7. The number of hydrogen-bond donors (Lipinski definition) is 1. The minimum atomic E-state index is 0.0937. The molecular weight excluding hydrogens is 364 g/mol. The molecule has 1 amide bonds.